The van der Waals surface area contributed by atoms with Crippen LogP contribution in [0.3, 0.4) is 0 Å². The molecule has 1 unspecified atom stereocenters. The van der Waals surface area contributed by atoms with E-state index in [1.54, 1.807) is 18.0 Å². The fraction of sp³-hybridized carbons (Fsp3) is 0.312. The number of aliphatic hydroxyl groups excluding tert-OH is 1. The van der Waals surface area contributed by atoms with Crippen molar-refractivity contribution in [2.75, 3.05) is 18.9 Å². The van der Waals surface area contributed by atoms with Gasteiger partial charge in [-0.15, -0.1) is 11.8 Å². The van der Waals surface area contributed by atoms with Crippen LogP contribution < -0.4 is 5.32 Å². The first kappa shape index (κ1) is 15.0. The maximum Gasteiger partial charge on any atom is 0.0960 e. The summed E-state index contributed by atoms with van der Waals surface area (Å²) < 4.78 is 0. The van der Waals surface area contributed by atoms with Gasteiger partial charge in [0, 0.05) is 11.9 Å². The highest BCUT2D eigenvalue weighted by atomic mass is 32.2. The van der Waals surface area contributed by atoms with Gasteiger partial charge >= 0.3 is 0 Å². The average molecular weight is 288 g/mol. The molecule has 0 spiro atoms. The van der Waals surface area contributed by atoms with Crippen LogP contribution in [-0.2, 0) is 5.54 Å². The molecule has 1 heterocycles. The number of aromatic nitrogens is 1. The Hall–Kier alpha value is -1.36. The van der Waals surface area contributed by atoms with Crippen LogP contribution >= 0.6 is 11.8 Å². The molecule has 2 N–H and O–H groups in total. The number of likely N-dealkylation sites (N-methyl/N-ethyl adjacent to an activating group) is 1. The molecule has 0 fully saturated rings. The van der Waals surface area contributed by atoms with E-state index in [-0.39, 0.29) is 6.61 Å². The standard InChI is InChI=1S/C16H20N2OS/c1-2-18-16(12-19,14-8-4-3-5-9-14)13-20-15-10-6-7-11-17-15/h3-11,18-19H,2,12-13H2,1H3. The second-order valence-corrected chi connectivity index (χ2v) is 5.59. The van der Waals surface area contributed by atoms with Crippen LogP contribution in [0.2, 0.25) is 0 Å². The van der Waals surface area contributed by atoms with Crippen molar-refractivity contribution in [3.05, 3.63) is 60.3 Å². The Morgan fingerprint density at radius 1 is 1.15 bits per heavy atom. The molecule has 0 aliphatic rings. The first-order valence-electron chi connectivity index (χ1n) is 6.76. The van der Waals surface area contributed by atoms with E-state index >= 15 is 0 Å². The quantitative estimate of drug-likeness (QED) is 0.769. The van der Waals surface area contributed by atoms with E-state index in [0.717, 1.165) is 22.9 Å². The minimum atomic E-state index is -0.432. The smallest absolute Gasteiger partial charge is 0.0960 e. The zero-order valence-corrected chi connectivity index (χ0v) is 12.4. The van der Waals surface area contributed by atoms with E-state index in [2.05, 4.69) is 29.4 Å². The third kappa shape index (κ3) is 3.60. The number of hydrogen-bond donors (Lipinski definition) is 2. The van der Waals surface area contributed by atoms with Crippen molar-refractivity contribution >= 4 is 11.8 Å². The highest BCUT2D eigenvalue weighted by Crippen LogP contribution is 2.28. The third-order valence-corrected chi connectivity index (χ3v) is 4.39. The Labute approximate surface area is 124 Å². The van der Waals surface area contributed by atoms with E-state index in [4.69, 9.17) is 0 Å². The molecule has 1 aromatic heterocycles. The molecule has 0 aliphatic heterocycles. The van der Waals surface area contributed by atoms with Gasteiger partial charge in [-0.3, -0.25) is 0 Å². The van der Waals surface area contributed by atoms with Gasteiger partial charge < -0.3 is 10.4 Å². The second kappa shape index (κ2) is 7.43. The molecular formula is C16H20N2OS. The zero-order valence-electron chi connectivity index (χ0n) is 11.6. The van der Waals surface area contributed by atoms with Gasteiger partial charge in [-0.2, -0.15) is 0 Å². The lowest BCUT2D eigenvalue weighted by Crippen LogP contribution is -2.47. The monoisotopic (exact) mass is 288 g/mol. The lowest BCUT2D eigenvalue weighted by molar-refractivity contribution is 0.181. The largest absolute Gasteiger partial charge is 0.394 e. The molecule has 0 bridgehead atoms. The van der Waals surface area contributed by atoms with Crippen LogP contribution in [0.15, 0.2) is 59.8 Å². The third-order valence-electron chi connectivity index (χ3n) is 3.22. The number of hydrogen-bond acceptors (Lipinski definition) is 4. The number of benzene rings is 1. The predicted molar refractivity (Wildman–Crippen MR) is 83.8 cm³/mol. The first-order chi connectivity index (χ1) is 9.80. The second-order valence-electron chi connectivity index (χ2n) is 4.59. The minimum absolute atomic E-state index is 0.0602. The lowest BCUT2D eigenvalue weighted by Gasteiger charge is -2.33. The van der Waals surface area contributed by atoms with Gasteiger partial charge in [-0.25, -0.2) is 4.98 Å². The van der Waals surface area contributed by atoms with E-state index < -0.39 is 5.54 Å². The molecule has 4 heteroatoms. The number of rotatable bonds is 7. The molecule has 3 nitrogen and oxygen atoms in total. The fourth-order valence-corrected chi connectivity index (χ4v) is 3.22. The van der Waals surface area contributed by atoms with Crippen LogP contribution in [0, 0.1) is 0 Å². The summed E-state index contributed by atoms with van der Waals surface area (Å²) >= 11 is 1.65. The molecule has 20 heavy (non-hydrogen) atoms. The normalized spacial score (nSPS) is 13.9. The molecule has 0 saturated carbocycles. The van der Waals surface area contributed by atoms with Crippen molar-refractivity contribution in [1.82, 2.24) is 10.3 Å². The Bertz CT molecular complexity index is 506. The lowest BCUT2D eigenvalue weighted by atomic mass is 9.92. The summed E-state index contributed by atoms with van der Waals surface area (Å²) in [5.41, 5.74) is 0.672. The Kier molecular flexibility index (Phi) is 5.59. The molecule has 0 saturated heterocycles. The van der Waals surface area contributed by atoms with Gasteiger partial charge in [0.15, 0.2) is 0 Å². The van der Waals surface area contributed by atoms with Crippen molar-refractivity contribution in [1.29, 1.82) is 0 Å². The van der Waals surface area contributed by atoms with Gasteiger partial charge in [-0.05, 0) is 24.2 Å². The highest BCUT2D eigenvalue weighted by Gasteiger charge is 2.30. The van der Waals surface area contributed by atoms with Gasteiger partial charge in [-0.1, -0.05) is 43.3 Å². The Morgan fingerprint density at radius 3 is 2.50 bits per heavy atom. The van der Waals surface area contributed by atoms with Gasteiger partial charge in [0.05, 0.1) is 17.2 Å². The summed E-state index contributed by atoms with van der Waals surface area (Å²) in [7, 11) is 0. The summed E-state index contributed by atoms with van der Waals surface area (Å²) in [5, 5.41) is 14.3. The SMILES string of the molecule is CCNC(CO)(CSc1ccccn1)c1ccccc1. The van der Waals surface area contributed by atoms with Crippen LogP contribution in [0.25, 0.3) is 0 Å². The molecule has 0 amide bonds. The van der Waals surface area contributed by atoms with Gasteiger partial charge in [0.1, 0.15) is 0 Å². The van der Waals surface area contributed by atoms with Crippen molar-refractivity contribution in [2.24, 2.45) is 0 Å². The number of aliphatic hydroxyl groups is 1. The van der Waals surface area contributed by atoms with E-state index in [0.29, 0.717) is 0 Å². The van der Waals surface area contributed by atoms with Gasteiger partial charge in [0.2, 0.25) is 0 Å². The number of nitrogens with one attached hydrogen (secondary N) is 1. The number of nitrogens with zero attached hydrogens (tertiary/aromatic N) is 1. The van der Waals surface area contributed by atoms with Crippen molar-refractivity contribution in [3.8, 4) is 0 Å². The van der Waals surface area contributed by atoms with Crippen molar-refractivity contribution in [3.63, 3.8) is 0 Å². The molecule has 1 atom stereocenters. The van der Waals surface area contributed by atoms with E-state index in [1.807, 2.05) is 36.4 Å². The van der Waals surface area contributed by atoms with Crippen LogP contribution in [0.4, 0.5) is 0 Å². The number of thioether (sulfide) groups is 1. The van der Waals surface area contributed by atoms with Crippen molar-refractivity contribution < 1.29 is 5.11 Å². The summed E-state index contributed by atoms with van der Waals surface area (Å²) in [4.78, 5) is 4.32. The fourth-order valence-electron chi connectivity index (χ4n) is 2.15. The average Bonchev–Trinajstić information content (AvgIpc) is 2.53. The molecule has 2 aromatic rings. The first-order valence-corrected chi connectivity index (χ1v) is 7.74. The maximum absolute atomic E-state index is 9.94. The van der Waals surface area contributed by atoms with Crippen LogP contribution in [-0.4, -0.2) is 29.0 Å². The molecule has 0 aliphatic carbocycles. The summed E-state index contributed by atoms with van der Waals surface area (Å²) in [6, 6.07) is 16.0. The van der Waals surface area contributed by atoms with Gasteiger partial charge in [0.25, 0.3) is 0 Å². The van der Waals surface area contributed by atoms with Crippen molar-refractivity contribution in [2.45, 2.75) is 17.5 Å². The number of pyridine rings is 1. The van der Waals surface area contributed by atoms with E-state index in [1.165, 1.54) is 0 Å². The predicted octanol–water partition coefficient (Wildman–Crippen LogP) is 2.67. The Morgan fingerprint density at radius 2 is 1.90 bits per heavy atom. The van der Waals surface area contributed by atoms with Crippen LogP contribution in [0.1, 0.15) is 12.5 Å². The Balaban J connectivity index is 2.19. The maximum atomic E-state index is 9.94. The van der Waals surface area contributed by atoms with Crippen LogP contribution in [0.5, 0.6) is 0 Å². The summed E-state index contributed by atoms with van der Waals surface area (Å²) in [6.07, 6.45) is 1.79. The zero-order chi connectivity index (χ0) is 14.3. The summed E-state index contributed by atoms with van der Waals surface area (Å²) in [6.45, 7) is 2.92. The van der Waals surface area contributed by atoms with E-state index in [9.17, 15) is 5.11 Å². The topological polar surface area (TPSA) is 45.1 Å². The molecule has 0 radical (unpaired) electrons. The molecular weight excluding hydrogens is 268 g/mol. The molecule has 106 valence electrons. The molecule has 1 aromatic carbocycles. The highest BCUT2D eigenvalue weighted by molar-refractivity contribution is 7.99. The minimum Gasteiger partial charge on any atom is -0.394 e. The summed E-state index contributed by atoms with van der Waals surface area (Å²) in [5.74, 6) is 0.734. The molecule has 2 rings (SSSR count).